The van der Waals surface area contributed by atoms with Gasteiger partial charge in [-0.1, -0.05) is 50.3 Å². The average Bonchev–Trinajstić information content (AvgIpc) is 2.30. The van der Waals surface area contributed by atoms with Crippen LogP contribution >= 0.6 is 11.9 Å². The molecule has 2 heteroatoms. The Morgan fingerprint density at radius 3 is 2.38 bits per heavy atom. The molecule has 0 saturated heterocycles. The summed E-state index contributed by atoms with van der Waals surface area (Å²) >= 11 is 1.74. The van der Waals surface area contributed by atoms with Crippen molar-refractivity contribution >= 4 is 11.9 Å². The highest BCUT2D eigenvalue weighted by atomic mass is 32.2. The Hall–Kier alpha value is -0.470. The molecule has 0 amide bonds. The maximum Gasteiger partial charge on any atom is 0.0228 e. The van der Waals surface area contributed by atoms with E-state index in [-0.39, 0.29) is 0 Å². The van der Waals surface area contributed by atoms with E-state index in [0.717, 1.165) is 6.54 Å². The molecule has 1 aromatic rings. The van der Waals surface area contributed by atoms with Crippen molar-refractivity contribution in [3.8, 4) is 0 Å². The maximum absolute atomic E-state index is 3.41. The SMILES string of the molecule is CCCCCCCNSc1ccc(C)cc1. The Morgan fingerprint density at radius 2 is 1.69 bits per heavy atom. The average molecular weight is 237 g/mol. The number of hydrogen-bond donors (Lipinski definition) is 1. The summed E-state index contributed by atoms with van der Waals surface area (Å²) in [5, 5.41) is 0. The van der Waals surface area contributed by atoms with Gasteiger partial charge >= 0.3 is 0 Å². The first-order chi connectivity index (χ1) is 7.83. The Balaban J connectivity index is 2.01. The first kappa shape index (κ1) is 13.6. The molecule has 0 heterocycles. The molecule has 0 radical (unpaired) electrons. The molecule has 1 N–H and O–H groups in total. The van der Waals surface area contributed by atoms with Crippen LogP contribution in [0, 0.1) is 6.92 Å². The fourth-order valence-electron chi connectivity index (χ4n) is 1.54. The van der Waals surface area contributed by atoms with Crippen molar-refractivity contribution in [2.45, 2.75) is 50.8 Å². The monoisotopic (exact) mass is 237 g/mol. The highest BCUT2D eigenvalue weighted by Crippen LogP contribution is 2.14. The molecular weight excluding hydrogens is 214 g/mol. The first-order valence-corrected chi connectivity index (χ1v) is 7.11. The van der Waals surface area contributed by atoms with Crippen LogP contribution in [0.15, 0.2) is 29.2 Å². The van der Waals surface area contributed by atoms with E-state index in [9.17, 15) is 0 Å². The van der Waals surface area contributed by atoms with Gasteiger partial charge in [0.1, 0.15) is 0 Å². The lowest BCUT2D eigenvalue weighted by Crippen LogP contribution is -2.04. The standard InChI is InChI=1S/C14H23NS/c1-3-4-5-6-7-12-15-16-14-10-8-13(2)9-11-14/h8-11,15H,3-7,12H2,1-2H3. The molecule has 1 rings (SSSR count). The number of aryl methyl sites for hydroxylation is 1. The third-order valence-electron chi connectivity index (χ3n) is 2.59. The van der Waals surface area contributed by atoms with Crippen LogP contribution in [0.25, 0.3) is 0 Å². The highest BCUT2D eigenvalue weighted by molar-refractivity contribution is 7.97. The Bertz CT molecular complexity index is 269. The predicted octanol–water partition coefficient (Wildman–Crippen LogP) is 4.56. The number of benzene rings is 1. The van der Waals surface area contributed by atoms with Crippen LogP contribution in [0.5, 0.6) is 0 Å². The van der Waals surface area contributed by atoms with Crippen molar-refractivity contribution in [3.05, 3.63) is 29.8 Å². The summed E-state index contributed by atoms with van der Waals surface area (Å²) in [6, 6.07) is 8.66. The van der Waals surface area contributed by atoms with Crippen LogP contribution in [-0.2, 0) is 0 Å². The summed E-state index contributed by atoms with van der Waals surface area (Å²) in [4.78, 5) is 1.30. The third kappa shape index (κ3) is 6.19. The van der Waals surface area contributed by atoms with E-state index in [0.29, 0.717) is 0 Å². The maximum atomic E-state index is 3.41. The quantitative estimate of drug-likeness (QED) is 0.525. The van der Waals surface area contributed by atoms with Crippen LogP contribution in [-0.4, -0.2) is 6.54 Å². The lowest BCUT2D eigenvalue weighted by Gasteiger charge is -2.04. The van der Waals surface area contributed by atoms with Crippen molar-refractivity contribution in [3.63, 3.8) is 0 Å². The van der Waals surface area contributed by atoms with Crippen molar-refractivity contribution in [1.82, 2.24) is 4.72 Å². The number of hydrogen-bond acceptors (Lipinski definition) is 2. The largest absolute Gasteiger partial charge is 0.260 e. The minimum Gasteiger partial charge on any atom is -0.260 e. The lowest BCUT2D eigenvalue weighted by molar-refractivity contribution is 0.630. The zero-order valence-corrected chi connectivity index (χ0v) is 11.3. The van der Waals surface area contributed by atoms with Gasteiger partial charge in [0.25, 0.3) is 0 Å². The van der Waals surface area contributed by atoms with E-state index in [1.807, 2.05) is 0 Å². The lowest BCUT2D eigenvalue weighted by atomic mass is 10.2. The summed E-state index contributed by atoms with van der Waals surface area (Å²) in [5.74, 6) is 0. The summed E-state index contributed by atoms with van der Waals surface area (Å²) < 4.78 is 3.41. The van der Waals surface area contributed by atoms with E-state index < -0.39 is 0 Å². The van der Waals surface area contributed by atoms with Crippen LogP contribution < -0.4 is 4.72 Å². The van der Waals surface area contributed by atoms with Crippen molar-refractivity contribution in [2.24, 2.45) is 0 Å². The minimum absolute atomic E-state index is 1.11. The fourth-order valence-corrected chi connectivity index (χ4v) is 2.23. The van der Waals surface area contributed by atoms with E-state index >= 15 is 0 Å². The molecule has 0 spiro atoms. The summed E-state index contributed by atoms with van der Waals surface area (Å²) in [7, 11) is 0. The van der Waals surface area contributed by atoms with Crippen LogP contribution in [0.2, 0.25) is 0 Å². The van der Waals surface area contributed by atoms with E-state index in [1.54, 1.807) is 11.9 Å². The van der Waals surface area contributed by atoms with Gasteiger partial charge in [0, 0.05) is 11.4 Å². The van der Waals surface area contributed by atoms with Crippen molar-refractivity contribution in [2.75, 3.05) is 6.54 Å². The summed E-state index contributed by atoms with van der Waals surface area (Å²) in [5.41, 5.74) is 1.32. The molecule has 90 valence electrons. The Kier molecular flexibility index (Phi) is 7.35. The Morgan fingerprint density at radius 1 is 1.00 bits per heavy atom. The highest BCUT2D eigenvalue weighted by Gasteiger charge is 1.93. The van der Waals surface area contributed by atoms with E-state index in [2.05, 4.69) is 42.8 Å². The zero-order chi connectivity index (χ0) is 11.6. The summed E-state index contributed by atoms with van der Waals surface area (Å²) in [6.45, 7) is 5.49. The predicted molar refractivity (Wildman–Crippen MR) is 73.8 cm³/mol. The van der Waals surface area contributed by atoms with Crippen molar-refractivity contribution < 1.29 is 0 Å². The molecule has 0 unspecified atom stereocenters. The molecular formula is C14H23NS. The fraction of sp³-hybridized carbons (Fsp3) is 0.571. The molecule has 0 fully saturated rings. The first-order valence-electron chi connectivity index (χ1n) is 6.29. The minimum atomic E-state index is 1.11. The molecule has 1 nitrogen and oxygen atoms in total. The molecule has 0 aliphatic carbocycles. The topological polar surface area (TPSA) is 12.0 Å². The molecule has 0 aliphatic rings. The molecule has 0 saturated carbocycles. The third-order valence-corrected chi connectivity index (χ3v) is 3.45. The van der Waals surface area contributed by atoms with Crippen molar-refractivity contribution in [1.29, 1.82) is 0 Å². The second-order valence-electron chi connectivity index (χ2n) is 4.22. The Labute approximate surface area is 104 Å². The summed E-state index contributed by atoms with van der Waals surface area (Å²) in [6.07, 6.45) is 6.73. The van der Waals surface area contributed by atoms with Gasteiger partial charge in [0.15, 0.2) is 0 Å². The number of unbranched alkanes of at least 4 members (excludes halogenated alkanes) is 4. The molecule has 16 heavy (non-hydrogen) atoms. The number of nitrogens with one attached hydrogen (secondary N) is 1. The molecule has 0 atom stereocenters. The molecule has 1 aromatic carbocycles. The van der Waals surface area contributed by atoms with Gasteiger partial charge in [-0.25, -0.2) is 0 Å². The van der Waals surface area contributed by atoms with Gasteiger partial charge in [-0.05, 0) is 37.4 Å². The number of rotatable bonds is 8. The molecule has 0 aromatic heterocycles. The molecule has 0 aliphatic heterocycles. The van der Waals surface area contributed by atoms with Gasteiger partial charge in [-0.2, -0.15) is 0 Å². The van der Waals surface area contributed by atoms with E-state index in [4.69, 9.17) is 0 Å². The van der Waals surface area contributed by atoms with E-state index in [1.165, 1.54) is 42.6 Å². The van der Waals surface area contributed by atoms with Gasteiger partial charge in [-0.3, -0.25) is 4.72 Å². The van der Waals surface area contributed by atoms with Crippen LogP contribution in [0.4, 0.5) is 0 Å². The van der Waals surface area contributed by atoms with Crippen LogP contribution in [0.1, 0.15) is 44.6 Å². The van der Waals surface area contributed by atoms with Gasteiger partial charge < -0.3 is 0 Å². The van der Waals surface area contributed by atoms with Gasteiger partial charge in [0.2, 0.25) is 0 Å². The molecule has 0 bridgehead atoms. The second-order valence-corrected chi connectivity index (χ2v) is 5.19. The normalized spacial score (nSPS) is 10.6. The second kappa shape index (κ2) is 8.66. The van der Waals surface area contributed by atoms with Gasteiger partial charge in [-0.15, -0.1) is 0 Å². The zero-order valence-electron chi connectivity index (χ0n) is 10.5. The smallest absolute Gasteiger partial charge is 0.0228 e. The van der Waals surface area contributed by atoms with Gasteiger partial charge in [0.05, 0.1) is 0 Å². The van der Waals surface area contributed by atoms with Crippen LogP contribution in [0.3, 0.4) is 0 Å².